The number of methoxy groups -OCH3 is 3. The number of carbonyl (C=O) groups excluding carboxylic acids is 1. The fourth-order valence-electron chi connectivity index (χ4n) is 3.07. The Morgan fingerprint density at radius 1 is 1.03 bits per heavy atom. The number of aromatic amines is 1. The van der Waals surface area contributed by atoms with Crippen LogP contribution in [0.3, 0.4) is 0 Å². The van der Waals surface area contributed by atoms with Gasteiger partial charge in [0.25, 0.3) is 5.56 Å². The van der Waals surface area contributed by atoms with Gasteiger partial charge in [-0.3, -0.25) is 14.2 Å². The highest BCUT2D eigenvalue weighted by Gasteiger charge is 2.13. The maximum absolute atomic E-state index is 12.8. The predicted octanol–water partition coefficient (Wildman–Crippen LogP) is 1.42. The van der Waals surface area contributed by atoms with E-state index in [-0.39, 0.29) is 24.3 Å². The molecular weight excluding hydrogens is 390 g/mol. The highest BCUT2D eigenvalue weighted by Crippen LogP contribution is 2.29. The summed E-state index contributed by atoms with van der Waals surface area (Å²) >= 11 is 0. The van der Waals surface area contributed by atoms with Crippen molar-refractivity contribution >= 4 is 16.8 Å². The van der Waals surface area contributed by atoms with E-state index in [1.54, 1.807) is 7.11 Å². The third-order valence-electron chi connectivity index (χ3n) is 4.67. The summed E-state index contributed by atoms with van der Waals surface area (Å²) in [7, 11) is 4.50. The average Bonchev–Trinajstić information content (AvgIpc) is 2.76. The molecule has 30 heavy (non-hydrogen) atoms. The van der Waals surface area contributed by atoms with Crippen LogP contribution in [0.15, 0.2) is 46.0 Å². The van der Waals surface area contributed by atoms with Crippen LogP contribution >= 0.6 is 0 Å². The first kappa shape index (κ1) is 21.0. The number of amides is 1. The average molecular weight is 413 g/mol. The normalized spacial score (nSPS) is 10.6. The van der Waals surface area contributed by atoms with Crippen molar-refractivity contribution in [1.29, 1.82) is 0 Å². The minimum atomic E-state index is -0.597. The molecule has 0 aliphatic rings. The van der Waals surface area contributed by atoms with Crippen molar-refractivity contribution in [3.05, 3.63) is 62.8 Å². The van der Waals surface area contributed by atoms with Gasteiger partial charge in [-0.1, -0.05) is 12.1 Å². The Morgan fingerprint density at radius 2 is 1.77 bits per heavy atom. The van der Waals surface area contributed by atoms with Crippen molar-refractivity contribution in [2.45, 2.75) is 19.5 Å². The second-order valence-electron chi connectivity index (χ2n) is 6.52. The van der Waals surface area contributed by atoms with Crippen LogP contribution < -0.4 is 30.8 Å². The van der Waals surface area contributed by atoms with Gasteiger partial charge in [0.05, 0.1) is 32.2 Å². The van der Waals surface area contributed by atoms with Gasteiger partial charge in [-0.2, -0.15) is 0 Å². The second kappa shape index (κ2) is 9.17. The van der Waals surface area contributed by atoms with Crippen molar-refractivity contribution in [3.63, 3.8) is 0 Å². The maximum atomic E-state index is 12.8. The smallest absolute Gasteiger partial charge is 0.328 e. The van der Waals surface area contributed by atoms with Crippen LogP contribution in [0.4, 0.5) is 0 Å². The lowest BCUT2D eigenvalue weighted by Gasteiger charge is -2.11. The zero-order chi connectivity index (χ0) is 21.7. The SMILES string of the molecule is COc1cccc(CNC(=O)CCn2c(=O)[nH]c3cc(OC)c(OC)cc3c2=O)c1. The van der Waals surface area contributed by atoms with Gasteiger partial charge in [0, 0.05) is 25.6 Å². The number of benzene rings is 2. The van der Waals surface area contributed by atoms with Crippen molar-refractivity contribution in [2.24, 2.45) is 0 Å². The van der Waals surface area contributed by atoms with Crippen molar-refractivity contribution in [1.82, 2.24) is 14.9 Å². The molecule has 0 saturated heterocycles. The van der Waals surface area contributed by atoms with Gasteiger partial charge in [0.2, 0.25) is 5.91 Å². The molecule has 9 heteroatoms. The summed E-state index contributed by atoms with van der Waals surface area (Å²) in [5, 5.41) is 3.04. The molecule has 0 saturated carbocycles. The van der Waals surface area contributed by atoms with E-state index < -0.39 is 11.2 Å². The molecule has 0 aliphatic heterocycles. The van der Waals surface area contributed by atoms with E-state index in [0.717, 1.165) is 10.1 Å². The van der Waals surface area contributed by atoms with Gasteiger partial charge in [-0.05, 0) is 23.8 Å². The number of H-pyrrole nitrogens is 1. The molecule has 158 valence electrons. The lowest BCUT2D eigenvalue weighted by Crippen LogP contribution is -2.36. The van der Waals surface area contributed by atoms with Crippen LogP contribution in [-0.2, 0) is 17.9 Å². The van der Waals surface area contributed by atoms with E-state index in [4.69, 9.17) is 14.2 Å². The summed E-state index contributed by atoms with van der Waals surface area (Å²) in [5.41, 5.74) is 0.112. The molecular formula is C21H23N3O6. The van der Waals surface area contributed by atoms with Gasteiger partial charge in [-0.25, -0.2) is 4.79 Å². The molecule has 9 nitrogen and oxygen atoms in total. The lowest BCUT2D eigenvalue weighted by molar-refractivity contribution is -0.121. The van der Waals surface area contributed by atoms with Crippen LogP contribution in [-0.4, -0.2) is 36.8 Å². The molecule has 1 amide bonds. The molecule has 0 bridgehead atoms. The molecule has 2 aromatic carbocycles. The van der Waals surface area contributed by atoms with Crippen LogP contribution in [0.5, 0.6) is 17.2 Å². The number of nitrogens with zero attached hydrogens (tertiary/aromatic N) is 1. The van der Waals surface area contributed by atoms with Gasteiger partial charge in [-0.15, -0.1) is 0 Å². The summed E-state index contributed by atoms with van der Waals surface area (Å²) in [5.74, 6) is 1.19. The predicted molar refractivity (Wildman–Crippen MR) is 111 cm³/mol. The van der Waals surface area contributed by atoms with Crippen molar-refractivity contribution in [2.75, 3.05) is 21.3 Å². The molecule has 2 N–H and O–H groups in total. The molecule has 0 aliphatic carbocycles. The quantitative estimate of drug-likeness (QED) is 0.578. The minimum absolute atomic E-state index is 0.0221. The standard InChI is InChI=1S/C21H23N3O6/c1-28-14-6-4-5-13(9-14)12-22-19(25)7-8-24-20(26)15-10-17(29-2)18(30-3)11-16(15)23-21(24)27/h4-6,9-11H,7-8,12H2,1-3H3,(H,22,25)(H,23,27). The Labute approximate surface area is 172 Å². The molecule has 0 unspecified atom stereocenters. The maximum Gasteiger partial charge on any atom is 0.328 e. The Bertz CT molecular complexity index is 1180. The summed E-state index contributed by atoms with van der Waals surface area (Å²) < 4.78 is 16.6. The fourth-order valence-corrected chi connectivity index (χ4v) is 3.07. The van der Waals surface area contributed by atoms with Gasteiger partial charge in [0.15, 0.2) is 11.5 Å². The Kier molecular flexibility index (Phi) is 6.41. The largest absolute Gasteiger partial charge is 0.497 e. The van der Waals surface area contributed by atoms with Crippen LogP contribution in [0.25, 0.3) is 10.9 Å². The van der Waals surface area contributed by atoms with Gasteiger partial charge in [0.1, 0.15) is 5.75 Å². The molecule has 0 radical (unpaired) electrons. The third-order valence-corrected chi connectivity index (χ3v) is 4.67. The van der Waals surface area contributed by atoms with Crippen LogP contribution in [0.1, 0.15) is 12.0 Å². The van der Waals surface area contributed by atoms with Crippen molar-refractivity contribution < 1.29 is 19.0 Å². The summed E-state index contributed by atoms with van der Waals surface area (Å²) in [4.78, 5) is 40.0. The minimum Gasteiger partial charge on any atom is -0.497 e. The van der Waals surface area contributed by atoms with E-state index in [2.05, 4.69) is 10.3 Å². The zero-order valence-corrected chi connectivity index (χ0v) is 17.0. The van der Waals surface area contributed by atoms with E-state index in [0.29, 0.717) is 29.3 Å². The number of carbonyl (C=O) groups is 1. The summed E-state index contributed by atoms with van der Waals surface area (Å²) in [6, 6.07) is 10.4. The number of hydrogen-bond acceptors (Lipinski definition) is 6. The molecule has 3 rings (SSSR count). The van der Waals surface area contributed by atoms with E-state index in [9.17, 15) is 14.4 Å². The monoisotopic (exact) mass is 413 g/mol. The van der Waals surface area contributed by atoms with E-state index in [1.165, 1.54) is 26.4 Å². The van der Waals surface area contributed by atoms with Crippen LogP contribution in [0.2, 0.25) is 0 Å². The first-order chi connectivity index (χ1) is 14.5. The lowest BCUT2D eigenvalue weighted by atomic mass is 10.2. The summed E-state index contributed by atoms with van der Waals surface area (Å²) in [6.45, 7) is 0.262. The zero-order valence-electron chi connectivity index (χ0n) is 17.0. The molecule has 3 aromatic rings. The number of fused-ring (bicyclic) bond motifs is 1. The summed E-state index contributed by atoms with van der Waals surface area (Å²) in [6.07, 6.45) is -0.0221. The Balaban J connectivity index is 1.74. The first-order valence-corrected chi connectivity index (χ1v) is 9.25. The first-order valence-electron chi connectivity index (χ1n) is 9.25. The molecule has 0 spiro atoms. The molecule has 1 aromatic heterocycles. The number of nitrogens with one attached hydrogen (secondary N) is 2. The Morgan fingerprint density at radius 3 is 2.47 bits per heavy atom. The second-order valence-corrected chi connectivity index (χ2v) is 6.52. The van der Waals surface area contributed by atoms with Crippen LogP contribution in [0, 0.1) is 0 Å². The third kappa shape index (κ3) is 4.45. The van der Waals surface area contributed by atoms with Crippen molar-refractivity contribution in [3.8, 4) is 17.2 Å². The van der Waals surface area contributed by atoms with Gasteiger partial charge < -0.3 is 24.5 Å². The molecule has 0 fully saturated rings. The highest BCUT2D eigenvalue weighted by molar-refractivity contribution is 5.81. The van der Waals surface area contributed by atoms with E-state index in [1.807, 2.05) is 24.3 Å². The Hall–Kier alpha value is -3.75. The molecule has 0 atom stereocenters. The topological polar surface area (TPSA) is 112 Å². The highest BCUT2D eigenvalue weighted by atomic mass is 16.5. The van der Waals surface area contributed by atoms with E-state index >= 15 is 0 Å². The number of ether oxygens (including phenoxy) is 3. The molecule has 1 heterocycles. The fraction of sp³-hybridized carbons (Fsp3) is 0.286. The van der Waals surface area contributed by atoms with Gasteiger partial charge >= 0.3 is 5.69 Å². The number of aromatic nitrogens is 2. The number of rotatable bonds is 8. The number of hydrogen-bond donors (Lipinski definition) is 2.